The molecule has 5 heteroatoms. The topological polar surface area (TPSA) is 45.2 Å². The Bertz CT molecular complexity index is 552. The van der Waals surface area contributed by atoms with Crippen LogP contribution < -0.4 is 9.80 Å². The van der Waals surface area contributed by atoms with Crippen molar-refractivity contribution in [3.05, 3.63) is 42.1 Å². The van der Waals surface area contributed by atoms with E-state index in [2.05, 4.69) is 63.1 Å². The first-order valence-corrected chi connectivity index (χ1v) is 7.94. The van der Waals surface area contributed by atoms with Crippen LogP contribution in [0.1, 0.15) is 32.3 Å². The average Bonchev–Trinajstić information content (AvgIpc) is 2.56. The van der Waals surface area contributed by atoms with Crippen LogP contribution in [0.2, 0.25) is 0 Å². The van der Waals surface area contributed by atoms with Crippen LogP contribution in [0, 0.1) is 0 Å². The molecule has 0 N–H and O–H groups in total. The Morgan fingerprint density at radius 1 is 1.00 bits per heavy atom. The zero-order valence-corrected chi connectivity index (χ0v) is 13.7. The zero-order chi connectivity index (χ0) is 15.8. The molecule has 2 aromatic rings. The van der Waals surface area contributed by atoms with Gasteiger partial charge in [0.1, 0.15) is 0 Å². The van der Waals surface area contributed by atoms with Crippen LogP contribution in [-0.2, 0) is 6.54 Å². The standard InChI is InChI=1S/C17H25N5/c1-4-11-22(12-5-2)17-19-16(13-18-20-17)21(3)14-15-9-7-6-8-10-15/h6-10,13H,4-5,11-12,14H2,1-3H3. The Kier molecular flexibility index (Phi) is 6.13. The summed E-state index contributed by atoms with van der Waals surface area (Å²) in [6.07, 6.45) is 3.88. The minimum Gasteiger partial charge on any atom is -0.354 e. The molecule has 2 rings (SSSR count). The van der Waals surface area contributed by atoms with Crippen LogP contribution in [0.15, 0.2) is 36.5 Å². The maximum absolute atomic E-state index is 4.68. The van der Waals surface area contributed by atoms with Gasteiger partial charge < -0.3 is 9.80 Å². The van der Waals surface area contributed by atoms with Crippen molar-refractivity contribution in [2.75, 3.05) is 29.9 Å². The highest BCUT2D eigenvalue weighted by atomic mass is 15.3. The van der Waals surface area contributed by atoms with Crippen molar-refractivity contribution in [3.8, 4) is 0 Å². The summed E-state index contributed by atoms with van der Waals surface area (Å²) in [6, 6.07) is 10.4. The maximum atomic E-state index is 4.68. The molecule has 0 saturated heterocycles. The first kappa shape index (κ1) is 16.2. The fraction of sp³-hybridized carbons (Fsp3) is 0.471. The van der Waals surface area contributed by atoms with Gasteiger partial charge in [-0.3, -0.25) is 0 Å². The van der Waals surface area contributed by atoms with Crippen LogP contribution in [-0.4, -0.2) is 35.3 Å². The summed E-state index contributed by atoms with van der Waals surface area (Å²) < 4.78 is 0. The van der Waals surface area contributed by atoms with E-state index in [1.165, 1.54) is 5.56 Å². The molecule has 0 aliphatic carbocycles. The molecular weight excluding hydrogens is 274 g/mol. The van der Waals surface area contributed by atoms with Gasteiger partial charge in [0.25, 0.3) is 0 Å². The molecule has 0 spiro atoms. The molecule has 0 fully saturated rings. The summed E-state index contributed by atoms with van der Waals surface area (Å²) in [7, 11) is 2.03. The summed E-state index contributed by atoms with van der Waals surface area (Å²) >= 11 is 0. The molecular formula is C17H25N5. The third-order valence-corrected chi connectivity index (χ3v) is 3.46. The van der Waals surface area contributed by atoms with E-state index in [4.69, 9.17) is 0 Å². The molecule has 0 aliphatic heterocycles. The number of benzene rings is 1. The lowest BCUT2D eigenvalue weighted by molar-refractivity contribution is 0.706. The summed E-state index contributed by atoms with van der Waals surface area (Å²) in [5.74, 6) is 1.58. The van der Waals surface area contributed by atoms with Crippen LogP contribution in [0.5, 0.6) is 0 Å². The van der Waals surface area contributed by atoms with Gasteiger partial charge in [-0.1, -0.05) is 44.2 Å². The first-order chi connectivity index (χ1) is 10.7. The molecule has 0 atom stereocenters. The van der Waals surface area contributed by atoms with Gasteiger partial charge in [0.05, 0.1) is 6.20 Å². The lowest BCUT2D eigenvalue weighted by Gasteiger charge is -2.23. The Morgan fingerprint density at radius 2 is 1.68 bits per heavy atom. The molecule has 1 aromatic heterocycles. The van der Waals surface area contributed by atoms with Gasteiger partial charge in [-0.05, 0) is 18.4 Å². The highest BCUT2D eigenvalue weighted by Crippen LogP contribution is 2.15. The van der Waals surface area contributed by atoms with Crippen LogP contribution in [0.3, 0.4) is 0 Å². The van der Waals surface area contributed by atoms with Gasteiger partial charge in [0.2, 0.25) is 5.95 Å². The van der Waals surface area contributed by atoms with Crippen molar-refractivity contribution in [3.63, 3.8) is 0 Å². The van der Waals surface area contributed by atoms with E-state index >= 15 is 0 Å². The van der Waals surface area contributed by atoms with Gasteiger partial charge in [0.15, 0.2) is 5.82 Å². The molecule has 118 valence electrons. The van der Waals surface area contributed by atoms with E-state index in [1.54, 1.807) is 6.20 Å². The van der Waals surface area contributed by atoms with E-state index in [0.717, 1.165) is 44.2 Å². The maximum Gasteiger partial charge on any atom is 0.247 e. The molecule has 0 saturated carbocycles. The Labute approximate surface area is 133 Å². The molecule has 5 nitrogen and oxygen atoms in total. The Morgan fingerprint density at radius 3 is 2.32 bits per heavy atom. The van der Waals surface area contributed by atoms with Crippen molar-refractivity contribution >= 4 is 11.8 Å². The normalized spacial score (nSPS) is 10.5. The van der Waals surface area contributed by atoms with Gasteiger partial charge in [-0.15, -0.1) is 5.10 Å². The summed E-state index contributed by atoms with van der Waals surface area (Å²) in [4.78, 5) is 8.99. The second-order valence-corrected chi connectivity index (χ2v) is 5.44. The second-order valence-electron chi connectivity index (χ2n) is 5.44. The SMILES string of the molecule is CCCN(CCC)c1nncc(N(C)Cc2ccccc2)n1. The quantitative estimate of drug-likeness (QED) is 0.749. The van der Waals surface area contributed by atoms with Crippen molar-refractivity contribution in [2.45, 2.75) is 33.2 Å². The highest BCUT2D eigenvalue weighted by molar-refractivity contribution is 5.41. The van der Waals surface area contributed by atoms with Gasteiger partial charge >= 0.3 is 0 Å². The van der Waals surface area contributed by atoms with Gasteiger partial charge in [-0.2, -0.15) is 10.1 Å². The number of nitrogens with zero attached hydrogens (tertiary/aromatic N) is 5. The van der Waals surface area contributed by atoms with E-state index < -0.39 is 0 Å². The van der Waals surface area contributed by atoms with Crippen LogP contribution >= 0.6 is 0 Å². The summed E-state index contributed by atoms with van der Waals surface area (Å²) in [6.45, 7) is 7.06. The highest BCUT2D eigenvalue weighted by Gasteiger charge is 2.11. The second kappa shape index (κ2) is 8.32. The molecule has 1 heterocycles. The third kappa shape index (κ3) is 4.41. The molecule has 0 aliphatic rings. The number of anilines is 2. The predicted molar refractivity (Wildman–Crippen MR) is 91.2 cm³/mol. The van der Waals surface area contributed by atoms with E-state index in [1.807, 2.05) is 13.1 Å². The van der Waals surface area contributed by atoms with Crippen molar-refractivity contribution in [2.24, 2.45) is 0 Å². The number of hydrogen-bond donors (Lipinski definition) is 0. The molecule has 1 aromatic carbocycles. The molecule has 0 amide bonds. The van der Waals surface area contributed by atoms with Gasteiger partial charge in [-0.25, -0.2) is 0 Å². The summed E-state index contributed by atoms with van der Waals surface area (Å²) in [5, 5.41) is 8.34. The van der Waals surface area contributed by atoms with E-state index in [-0.39, 0.29) is 0 Å². The molecule has 0 radical (unpaired) electrons. The van der Waals surface area contributed by atoms with Crippen LogP contribution in [0.4, 0.5) is 11.8 Å². The number of rotatable bonds is 8. The Balaban J connectivity index is 2.12. The zero-order valence-electron chi connectivity index (χ0n) is 13.7. The van der Waals surface area contributed by atoms with Crippen molar-refractivity contribution in [1.82, 2.24) is 15.2 Å². The fourth-order valence-electron chi connectivity index (χ4n) is 2.39. The minimum absolute atomic E-state index is 0.723. The summed E-state index contributed by atoms with van der Waals surface area (Å²) in [5.41, 5.74) is 1.25. The lowest BCUT2D eigenvalue weighted by Crippen LogP contribution is -2.28. The third-order valence-electron chi connectivity index (χ3n) is 3.46. The fourth-order valence-corrected chi connectivity index (χ4v) is 2.39. The van der Waals surface area contributed by atoms with Gasteiger partial charge in [0, 0.05) is 26.7 Å². The number of hydrogen-bond acceptors (Lipinski definition) is 5. The van der Waals surface area contributed by atoms with E-state index in [9.17, 15) is 0 Å². The molecule has 0 bridgehead atoms. The van der Waals surface area contributed by atoms with Crippen LogP contribution in [0.25, 0.3) is 0 Å². The van der Waals surface area contributed by atoms with Crippen molar-refractivity contribution < 1.29 is 0 Å². The Hall–Kier alpha value is -2.17. The minimum atomic E-state index is 0.723. The van der Waals surface area contributed by atoms with Crippen molar-refractivity contribution in [1.29, 1.82) is 0 Å². The largest absolute Gasteiger partial charge is 0.354 e. The number of aromatic nitrogens is 3. The monoisotopic (exact) mass is 299 g/mol. The lowest BCUT2D eigenvalue weighted by atomic mass is 10.2. The smallest absolute Gasteiger partial charge is 0.247 e. The predicted octanol–water partition coefficient (Wildman–Crippen LogP) is 3.13. The molecule has 22 heavy (non-hydrogen) atoms. The van der Waals surface area contributed by atoms with E-state index in [0.29, 0.717) is 0 Å². The molecule has 0 unspecified atom stereocenters. The average molecular weight is 299 g/mol. The first-order valence-electron chi connectivity index (χ1n) is 7.94.